The van der Waals surface area contributed by atoms with E-state index in [4.69, 9.17) is 11.6 Å². The lowest BCUT2D eigenvalue weighted by atomic mass is 9.93. The summed E-state index contributed by atoms with van der Waals surface area (Å²) in [6, 6.07) is 19.4. The van der Waals surface area contributed by atoms with E-state index in [9.17, 15) is 0 Å². The second kappa shape index (κ2) is 4.89. The van der Waals surface area contributed by atoms with Gasteiger partial charge in [-0.05, 0) is 63.9 Å². The number of benzene rings is 3. The van der Waals surface area contributed by atoms with Crippen LogP contribution in [0, 0.1) is 5.92 Å². The lowest BCUT2D eigenvalue weighted by molar-refractivity contribution is 0.628. The van der Waals surface area contributed by atoms with E-state index in [1.165, 1.54) is 33.0 Å². The van der Waals surface area contributed by atoms with Crippen LogP contribution in [0.1, 0.15) is 18.1 Å². The predicted octanol–water partition coefficient (Wildman–Crippen LogP) is 5.89. The topological polar surface area (TPSA) is 0 Å². The van der Waals surface area contributed by atoms with Crippen molar-refractivity contribution in [2.75, 3.05) is 0 Å². The minimum Gasteiger partial charge on any atom is -0.0843 e. The molecule has 0 fully saturated rings. The Labute approximate surface area is 130 Å². The molecule has 0 N–H and O–H groups in total. The zero-order valence-electron chi connectivity index (χ0n) is 12.1. The predicted molar refractivity (Wildman–Crippen MR) is 91.0 cm³/mol. The number of halogens is 1. The van der Waals surface area contributed by atoms with Crippen molar-refractivity contribution >= 4 is 22.4 Å². The summed E-state index contributed by atoms with van der Waals surface area (Å²) >= 11 is 6.38. The van der Waals surface area contributed by atoms with Gasteiger partial charge in [0.1, 0.15) is 0 Å². The second-order valence-corrected chi connectivity index (χ2v) is 6.57. The number of rotatable bonds is 1. The van der Waals surface area contributed by atoms with Gasteiger partial charge in [-0.15, -0.1) is 0 Å². The summed E-state index contributed by atoms with van der Waals surface area (Å²) in [5.41, 5.74) is 5.54. The lowest BCUT2D eigenvalue weighted by Gasteiger charge is -2.12. The molecule has 0 heterocycles. The molecule has 0 amide bonds. The van der Waals surface area contributed by atoms with Crippen LogP contribution in [-0.2, 0) is 12.8 Å². The number of fused-ring (bicyclic) bond motifs is 2. The van der Waals surface area contributed by atoms with Crippen molar-refractivity contribution in [2.24, 2.45) is 5.92 Å². The fourth-order valence-electron chi connectivity index (χ4n) is 3.61. The molecule has 0 bridgehead atoms. The third-order valence-electron chi connectivity index (χ3n) is 4.51. The van der Waals surface area contributed by atoms with E-state index >= 15 is 0 Å². The highest BCUT2D eigenvalue weighted by molar-refractivity contribution is 6.31. The first-order valence-corrected chi connectivity index (χ1v) is 7.89. The van der Waals surface area contributed by atoms with Crippen LogP contribution in [0.2, 0.25) is 5.02 Å². The molecule has 1 heteroatoms. The molecule has 1 unspecified atom stereocenters. The highest BCUT2D eigenvalue weighted by Gasteiger charge is 2.22. The van der Waals surface area contributed by atoms with Crippen LogP contribution in [0.3, 0.4) is 0 Å². The smallest absolute Gasteiger partial charge is 0.0415 e. The minimum absolute atomic E-state index is 0.715. The Morgan fingerprint density at radius 2 is 1.71 bits per heavy atom. The maximum atomic E-state index is 6.38. The first kappa shape index (κ1) is 12.9. The van der Waals surface area contributed by atoms with Crippen molar-refractivity contribution in [1.82, 2.24) is 0 Å². The Bertz CT molecular complexity index is 827. The molecule has 0 spiro atoms. The minimum atomic E-state index is 0.715. The van der Waals surface area contributed by atoms with E-state index in [-0.39, 0.29) is 0 Å². The highest BCUT2D eigenvalue weighted by atomic mass is 35.5. The average Bonchev–Trinajstić information content (AvgIpc) is 2.86. The monoisotopic (exact) mass is 292 g/mol. The third-order valence-corrected chi connectivity index (χ3v) is 4.73. The Morgan fingerprint density at radius 3 is 2.62 bits per heavy atom. The maximum absolute atomic E-state index is 6.38. The molecule has 0 saturated heterocycles. The summed E-state index contributed by atoms with van der Waals surface area (Å²) < 4.78 is 0. The molecule has 0 nitrogen and oxygen atoms in total. The zero-order chi connectivity index (χ0) is 14.4. The molecule has 0 aliphatic heterocycles. The molecule has 3 aromatic carbocycles. The first-order valence-electron chi connectivity index (χ1n) is 7.52. The van der Waals surface area contributed by atoms with Gasteiger partial charge in [-0.2, -0.15) is 0 Å². The summed E-state index contributed by atoms with van der Waals surface area (Å²) in [6.45, 7) is 2.32. The Hall–Kier alpha value is -1.79. The fourth-order valence-corrected chi connectivity index (χ4v) is 3.85. The van der Waals surface area contributed by atoms with Crippen LogP contribution in [0.15, 0.2) is 54.6 Å². The molecule has 0 radical (unpaired) electrons. The van der Waals surface area contributed by atoms with Crippen molar-refractivity contribution in [2.45, 2.75) is 19.8 Å². The molecule has 4 rings (SSSR count). The highest BCUT2D eigenvalue weighted by Crippen LogP contribution is 2.39. The standard InChI is InChI=1S/C20H17Cl/c1-13-9-15-11-16(21)12-20(19(15)10-13)18-8-4-6-14-5-2-3-7-17(14)18/h2-8,11-13H,9-10H2,1H3. The molecular formula is C20H17Cl. The second-order valence-electron chi connectivity index (χ2n) is 6.13. The zero-order valence-corrected chi connectivity index (χ0v) is 12.8. The molecule has 1 atom stereocenters. The molecular weight excluding hydrogens is 276 g/mol. The van der Waals surface area contributed by atoms with Gasteiger partial charge in [0, 0.05) is 5.02 Å². The summed E-state index contributed by atoms with van der Waals surface area (Å²) in [4.78, 5) is 0. The van der Waals surface area contributed by atoms with E-state index in [0.29, 0.717) is 5.92 Å². The van der Waals surface area contributed by atoms with E-state index in [2.05, 4.69) is 61.5 Å². The van der Waals surface area contributed by atoms with Crippen molar-refractivity contribution in [1.29, 1.82) is 0 Å². The Kier molecular flexibility index (Phi) is 3.01. The summed E-state index contributed by atoms with van der Waals surface area (Å²) in [5.74, 6) is 0.715. The van der Waals surface area contributed by atoms with Gasteiger partial charge < -0.3 is 0 Å². The van der Waals surface area contributed by atoms with Crippen LogP contribution in [0.4, 0.5) is 0 Å². The summed E-state index contributed by atoms with van der Waals surface area (Å²) in [5, 5.41) is 3.45. The third kappa shape index (κ3) is 2.15. The molecule has 0 aromatic heterocycles. The van der Waals surface area contributed by atoms with Crippen molar-refractivity contribution in [3.05, 3.63) is 70.7 Å². The van der Waals surface area contributed by atoms with E-state index in [1.54, 1.807) is 0 Å². The van der Waals surface area contributed by atoms with Crippen molar-refractivity contribution < 1.29 is 0 Å². The Morgan fingerprint density at radius 1 is 0.905 bits per heavy atom. The molecule has 1 aliphatic rings. The van der Waals surface area contributed by atoms with Crippen LogP contribution >= 0.6 is 11.6 Å². The van der Waals surface area contributed by atoms with E-state index in [0.717, 1.165) is 17.9 Å². The van der Waals surface area contributed by atoms with Gasteiger partial charge in [-0.3, -0.25) is 0 Å². The van der Waals surface area contributed by atoms with Gasteiger partial charge in [-0.1, -0.05) is 61.0 Å². The van der Waals surface area contributed by atoms with Crippen molar-refractivity contribution in [3.63, 3.8) is 0 Å². The Balaban J connectivity index is 2.02. The van der Waals surface area contributed by atoms with Gasteiger partial charge in [-0.25, -0.2) is 0 Å². The van der Waals surface area contributed by atoms with Crippen LogP contribution in [-0.4, -0.2) is 0 Å². The average molecular weight is 293 g/mol. The summed E-state index contributed by atoms with van der Waals surface area (Å²) in [6.07, 6.45) is 2.30. The lowest BCUT2D eigenvalue weighted by Crippen LogP contribution is -1.92. The SMILES string of the molecule is CC1Cc2cc(Cl)cc(-c3cccc4ccccc34)c2C1. The fraction of sp³-hybridized carbons (Fsp3) is 0.200. The van der Waals surface area contributed by atoms with Gasteiger partial charge >= 0.3 is 0 Å². The molecule has 21 heavy (non-hydrogen) atoms. The van der Waals surface area contributed by atoms with Crippen molar-refractivity contribution in [3.8, 4) is 11.1 Å². The van der Waals surface area contributed by atoms with Gasteiger partial charge in [0.2, 0.25) is 0 Å². The quantitative estimate of drug-likeness (QED) is 0.524. The van der Waals surface area contributed by atoms with Crippen LogP contribution in [0.5, 0.6) is 0 Å². The normalized spacial score (nSPS) is 17.1. The van der Waals surface area contributed by atoms with Gasteiger partial charge in [0.15, 0.2) is 0 Å². The van der Waals surface area contributed by atoms with Crippen LogP contribution < -0.4 is 0 Å². The van der Waals surface area contributed by atoms with E-state index in [1.807, 2.05) is 0 Å². The van der Waals surface area contributed by atoms with Crippen LogP contribution in [0.25, 0.3) is 21.9 Å². The first-order chi connectivity index (χ1) is 10.2. The molecule has 3 aromatic rings. The van der Waals surface area contributed by atoms with Gasteiger partial charge in [0.25, 0.3) is 0 Å². The van der Waals surface area contributed by atoms with Gasteiger partial charge in [0.05, 0.1) is 0 Å². The summed E-state index contributed by atoms with van der Waals surface area (Å²) in [7, 11) is 0. The largest absolute Gasteiger partial charge is 0.0843 e. The number of hydrogen-bond acceptors (Lipinski definition) is 0. The molecule has 104 valence electrons. The maximum Gasteiger partial charge on any atom is 0.0415 e. The van der Waals surface area contributed by atoms with E-state index < -0.39 is 0 Å². The molecule has 1 aliphatic carbocycles. The number of hydrogen-bond donors (Lipinski definition) is 0. The molecule has 0 saturated carbocycles.